The number of ether oxygens (including phenoxy) is 6. The Morgan fingerprint density at radius 2 is 1.64 bits per heavy atom. The smallest absolute Gasteiger partial charge is 0.305 e. The molecule has 2 aliphatic rings. The lowest BCUT2D eigenvalue weighted by Crippen LogP contribution is -2.52. The molecule has 1 aliphatic heterocycles. The van der Waals surface area contributed by atoms with E-state index in [2.05, 4.69) is 0 Å². The second-order valence-corrected chi connectivity index (χ2v) is 6.28. The van der Waals surface area contributed by atoms with E-state index in [0.29, 0.717) is 0 Å². The molecule has 0 amide bonds. The van der Waals surface area contributed by atoms with E-state index in [1.807, 2.05) is 0 Å². The molecular weight excluding hydrogens is 336 g/mol. The average molecular weight is 360 g/mol. The first kappa shape index (κ1) is 19.8. The Morgan fingerprint density at radius 3 is 2.08 bits per heavy atom. The van der Waals surface area contributed by atoms with E-state index >= 15 is 0 Å². The quantitative estimate of drug-likeness (QED) is 0.597. The monoisotopic (exact) mass is 360 g/mol. The molecule has 6 atom stereocenters. The molecule has 142 valence electrons. The highest BCUT2D eigenvalue weighted by Gasteiger charge is 2.75. The SMILES string of the molecule is CO[C@@H]1[C@@H](OC)[C@H]2C(=O)[C@](C)(OC(C)=O)O[C@@]2(COC(C)=O)[C@@H]1OC. The van der Waals surface area contributed by atoms with Gasteiger partial charge >= 0.3 is 11.9 Å². The highest BCUT2D eigenvalue weighted by atomic mass is 16.8. The number of hydrogen-bond acceptors (Lipinski definition) is 9. The Hall–Kier alpha value is -1.55. The van der Waals surface area contributed by atoms with Gasteiger partial charge in [0, 0.05) is 42.1 Å². The highest BCUT2D eigenvalue weighted by Crippen LogP contribution is 2.53. The van der Waals surface area contributed by atoms with Crippen molar-refractivity contribution in [2.45, 2.75) is 50.5 Å². The van der Waals surface area contributed by atoms with Crippen LogP contribution in [0, 0.1) is 5.92 Å². The Kier molecular flexibility index (Phi) is 5.53. The van der Waals surface area contributed by atoms with Gasteiger partial charge in [-0.2, -0.15) is 0 Å². The first-order valence-corrected chi connectivity index (χ1v) is 7.82. The van der Waals surface area contributed by atoms with Crippen molar-refractivity contribution in [2.24, 2.45) is 5.92 Å². The van der Waals surface area contributed by atoms with E-state index < -0.39 is 53.3 Å². The van der Waals surface area contributed by atoms with Gasteiger partial charge in [-0.05, 0) is 0 Å². The third-order valence-corrected chi connectivity index (χ3v) is 4.71. The maximum Gasteiger partial charge on any atom is 0.305 e. The first-order valence-electron chi connectivity index (χ1n) is 7.82. The van der Waals surface area contributed by atoms with E-state index in [1.165, 1.54) is 42.1 Å². The van der Waals surface area contributed by atoms with Gasteiger partial charge < -0.3 is 28.4 Å². The van der Waals surface area contributed by atoms with Gasteiger partial charge in [0.1, 0.15) is 24.4 Å². The van der Waals surface area contributed by atoms with Gasteiger partial charge in [-0.1, -0.05) is 0 Å². The van der Waals surface area contributed by atoms with E-state index in [1.54, 1.807) is 0 Å². The van der Waals surface area contributed by atoms with E-state index in [-0.39, 0.29) is 6.61 Å². The van der Waals surface area contributed by atoms with E-state index in [9.17, 15) is 14.4 Å². The van der Waals surface area contributed by atoms with Crippen molar-refractivity contribution >= 4 is 17.7 Å². The molecule has 0 N–H and O–H groups in total. The number of carbonyl (C=O) groups is 3. The van der Waals surface area contributed by atoms with Gasteiger partial charge in [-0.15, -0.1) is 0 Å². The van der Waals surface area contributed by atoms with Crippen LogP contribution in [0.25, 0.3) is 0 Å². The number of methoxy groups -OCH3 is 3. The van der Waals surface area contributed by atoms with Gasteiger partial charge in [-0.25, -0.2) is 0 Å². The van der Waals surface area contributed by atoms with Crippen LogP contribution in [0.1, 0.15) is 20.8 Å². The Morgan fingerprint density at radius 1 is 1.04 bits per heavy atom. The zero-order valence-corrected chi connectivity index (χ0v) is 15.2. The molecular formula is C16H24O9. The standard InChI is InChI=1S/C16H24O9/c1-8(17)23-7-16-10(11(20-4)12(21-5)14(16)22-6)13(19)15(3,25-16)24-9(2)18/h10-12,14H,7H2,1-6H3/t10-,11-,12+,14+,15+,16+/m0/s1. The maximum atomic E-state index is 13.1. The topological polar surface area (TPSA) is 107 Å². The van der Waals surface area contributed by atoms with Crippen molar-refractivity contribution in [2.75, 3.05) is 27.9 Å². The number of ketones is 1. The summed E-state index contributed by atoms with van der Waals surface area (Å²) in [6.07, 6.45) is -2.15. The van der Waals surface area contributed by atoms with Gasteiger partial charge in [0.2, 0.25) is 5.78 Å². The van der Waals surface area contributed by atoms with Gasteiger partial charge in [0.05, 0.1) is 12.0 Å². The molecule has 2 rings (SSSR count). The van der Waals surface area contributed by atoms with Gasteiger partial charge in [0.25, 0.3) is 5.79 Å². The van der Waals surface area contributed by atoms with Crippen molar-refractivity contribution in [3.05, 3.63) is 0 Å². The second-order valence-electron chi connectivity index (χ2n) is 6.28. The lowest BCUT2D eigenvalue weighted by atomic mass is 9.87. The summed E-state index contributed by atoms with van der Waals surface area (Å²) in [4.78, 5) is 35.8. The van der Waals surface area contributed by atoms with Crippen molar-refractivity contribution in [1.29, 1.82) is 0 Å². The van der Waals surface area contributed by atoms with Gasteiger partial charge in [-0.3, -0.25) is 14.4 Å². The predicted molar refractivity (Wildman–Crippen MR) is 81.5 cm³/mol. The summed E-state index contributed by atoms with van der Waals surface area (Å²) in [5.41, 5.74) is -1.40. The summed E-state index contributed by atoms with van der Waals surface area (Å²) in [5.74, 6) is -4.46. The lowest BCUT2D eigenvalue weighted by Gasteiger charge is -2.35. The maximum absolute atomic E-state index is 13.1. The number of carbonyl (C=O) groups excluding carboxylic acids is 3. The molecule has 0 bridgehead atoms. The molecule has 1 saturated carbocycles. The van der Waals surface area contributed by atoms with Crippen molar-refractivity contribution < 1.29 is 42.8 Å². The Balaban J connectivity index is 2.53. The number of Topliss-reactive ketones (excluding diaryl/α,β-unsaturated/α-hetero) is 1. The molecule has 9 heteroatoms. The third kappa shape index (κ3) is 3.05. The Labute approximate surface area is 145 Å². The molecule has 0 unspecified atom stereocenters. The van der Waals surface area contributed by atoms with Crippen molar-refractivity contribution in [1.82, 2.24) is 0 Å². The second kappa shape index (κ2) is 6.99. The molecule has 0 aromatic rings. The average Bonchev–Trinajstić information content (AvgIpc) is 2.90. The highest BCUT2D eigenvalue weighted by molar-refractivity contribution is 5.94. The van der Waals surface area contributed by atoms with Crippen LogP contribution in [-0.4, -0.2) is 75.4 Å². The summed E-state index contributed by atoms with van der Waals surface area (Å²) in [7, 11) is 4.32. The van der Waals surface area contributed by atoms with Crippen LogP contribution < -0.4 is 0 Å². The molecule has 2 fully saturated rings. The zero-order valence-electron chi connectivity index (χ0n) is 15.2. The van der Waals surface area contributed by atoms with Crippen LogP contribution in [0.5, 0.6) is 0 Å². The van der Waals surface area contributed by atoms with E-state index in [4.69, 9.17) is 28.4 Å². The van der Waals surface area contributed by atoms with Crippen LogP contribution in [0.2, 0.25) is 0 Å². The minimum absolute atomic E-state index is 0.270. The fourth-order valence-electron chi connectivity index (χ4n) is 3.91. The number of fused-ring (bicyclic) bond motifs is 1. The van der Waals surface area contributed by atoms with Crippen LogP contribution in [0.15, 0.2) is 0 Å². The molecule has 0 aromatic carbocycles. The predicted octanol–water partition coefficient (Wildman–Crippen LogP) is -0.158. The molecule has 1 heterocycles. The molecule has 0 spiro atoms. The third-order valence-electron chi connectivity index (χ3n) is 4.71. The first-order chi connectivity index (χ1) is 11.7. The Bertz CT molecular complexity index is 562. The van der Waals surface area contributed by atoms with Crippen LogP contribution in [0.3, 0.4) is 0 Å². The number of rotatable bonds is 6. The molecule has 0 aromatic heterocycles. The minimum Gasteiger partial charge on any atom is -0.463 e. The fourth-order valence-corrected chi connectivity index (χ4v) is 3.91. The van der Waals surface area contributed by atoms with Gasteiger partial charge in [0.15, 0.2) is 0 Å². The van der Waals surface area contributed by atoms with Crippen molar-refractivity contribution in [3.63, 3.8) is 0 Å². The molecule has 9 nitrogen and oxygen atoms in total. The molecule has 1 aliphatic carbocycles. The van der Waals surface area contributed by atoms with E-state index in [0.717, 1.165) is 0 Å². The van der Waals surface area contributed by atoms with Crippen LogP contribution in [-0.2, 0) is 42.8 Å². The summed E-state index contributed by atoms with van der Waals surface area (Å²) >= 11 is 0. The summed E-state index contributed by atoms with van der Waals surface area (Å²) < 4.78 is 32.7. The minimum atomic E-state index is -1.83. The largest absolute Gasteiger partial charge is 0.463 e. The summed E-state index contributed by atoms with van der Waals surface area (Å²) in [5, 5.41) is 0. The number of esters is 2. The summed E-state index contributed by atoms with van der Waals surface area (Å²) in [6.45, 7) is 3.50. The molecule has 1 saturated heterocycles. The normalized spacial score (nSPS) is 40.0. The zero-order chi connectivity index (χ0) is 19.0. The fraction of sp³-hybridized carbons (Fsp3) is 0.812. The lowest BCUT2D eigenvalue weighted by molar-refractivity contribution is -0.261. The summed E-state index contributed by atoms with van der Waals surface area (Å²) in [6, 6.07) is 0. The van der Waals surface area contributed by atoms with Crippen LogP contribution in [0.4, 0.5) is 0 Å². The van der Waals surface area contributed by atoms with Crippen LogP contribution >= 0.6 is 0 Å². The molecule has 25 heavy (non-hydrogen) atoms. The number of hydrogen-bond donors (Lipinski definition) is 0. The van der Waals surface area contributed by atoms with Crippen molar-refractivity contribution in [3.8, 4) is 0 Å². The molecule has 0 radical (unpaired) electrons.